The molecule has 7 nitrogen and oxygen atoms in total. The lowest BCUT2D eigenvalue weighted by atomic mass is 9.81. The van der Waals surface area contributed by atoms with Crippen LogP contribution in [0.1, 0.15) is 97.0 Å². The minimum absolute atomic E-state index is 0.0350. The molecule has 0 spiro atoms. The Balaban J connectivity index is 1.56. The molecule has 2 atom stereocenters. The number of amides is 2. The van der Waals surface area contributed by atoms with Crippen LogP contribution < -0.4 is 10.6 Å². The molecule has 1 saturated carbocycles. The monoisotopic (exact) mass is 537 g/mol. The predicted molar refractivity (Wildman–Crippen MR) is 154 cm³/mol. The molecule has 2 bridgehead atoms. The van der Waals surface area contributed by atoms with E-state index in [2.05, 4.69) is 33.5 Å². The maximum Gasteiger partial charge on any atom is 0.307 e. The van der Waals surface area contributed by atoms with E-state index in [1.807, 2.05) is 32.9 Å². The second-order valence-electron chi connectivity index (χ2n) is 12.6. The molecule has 0 radical (unpaired) electrons. The summed E-state index contributed by atoms with van der Waals surface area (Å²) < 4.78 is 7.87. The number of benzene rings is 1. The van der Waals surface area contributed by atoms with E-state index in [-0.39, 0.29) is 24.2 Å². The standard InChI is InChI=1S/C32H47N3O4/c1-32(2,3)39-29(36)21-24(19-23-13-7-6-8-14-23)30(37)34-27-20-25-22-35(28-16-10-9-15-26(25)28)18-12-5-4-11-17-33-31(27)38/h9-10,15-16,22-24,27H,4-8,11-14,17-21H2,1-3H3,(H,33,38)(H,34,37)/t24-,27+/m1/s1. The van der Waals surface area contributed by atoms with Crippen LogP contribution in [0.5, 0.6) is 0 Å². The molecule has 1 aliphatic heterocycles. The highest BCUT2D eigenvalue weighted by molar-refractivity contribution is 5.91. The largest absolute Gasteiger partial charge is 0.460 e. The predicted octanol–water partition coefficient (Wildman–Crippen LogP) is 5.68. The Morgan fingerprint density at radius 3 is 2.54 bits per heavy atom. The number of hydrogen-bond donors (Lipinski definition) is 2. The summed E-state index contributed by atoms with van der Waals surface area (Å²) in [6.45, 7) is 7.07. The zero-order valence-electron chi connectivity index (χ0n) is 24.1. The lowest BCUT2D eigenvalue weighted by molar-refractivity contribution is -0.157. The van der Waals surface area contributed by atoms with Gasteiger partial charge in [0, 0.05) is 42.5 Å². The fraction of sp³-hybridized carbons (Fsp3) is 0.656. The number of nitrogens with one attached hydrogen (secondary N) is 2. The zero-order chi connectivity index (χ0) is 27.8. The Labute approximate surface area is 233 Å². The third-order valence-corrected chi connectivity index (χ3v) is 8.10. The number of carbonyl (C=O) groups is 3. The normalized spacial score (nSPS) is 20.7. The Morgan fingerprint density at radius 2 is 1.77 bits per heavy atom. The molecule has 4 rings (SSSR count). The molecule has 39 heavy (non-hydrogen) atoms. The Bertz CT molecular complexity index is 1130. The second-order valence-corrected chi connectivity index (χ2v) is 12.6. The van der Waals surface area contributed by atoms with Crippen LogP contribution in [0.25, 0.3) is 10.9 Å². The number of carbonyl (C=O) groups excluding carboxylic acids is 3. The summed E-state index contributed by atoms with van der Waals surface area (Å²) >= 11 is 0. The van der Waals surface area contributed by atoms with Crippen molar-refractivity contribution in [3.63, 3.8) is 0 Å². The van der Waals surface area contributed by atoms with Crippen LogP contribution in [-0.4, -0.2) is 40.5 Å². The van der Waals surface area contributed by atoms with Crippen molar-refractivity contribution < 1.29 is 19.1 Å². The summed E-state index contributed by atoms with van der Waals surface area (Å²) in [4.78, 5) is 40.0. The van der Waals surface area contributed by atoms with E-state index in [1.54, 1.807) is 0 Å². The van der Waals surface area contributed by atoms with Gasteiger partial charge in [-0.2, -0.15) is 0 Å². The van der Waals surface area contributed by atoms with Gasteiger partial charge in [0.1, 0.15) is 11.6 Å². The molecule has 7 heteroatoms. The summed E-state index contributed by atoms with van der Waals surface area (Å²) in [6, 6.07) is 7.58. The first-order chi connectivity index (χ1) is 18.7. The fourth-order valence-corrected chi connectivity index (χ4v) is 6.18. The number of esters is 1. The lowest BCUT2D eigenvalue weighted by Crippen LogP contribution is -2.50. The molecule has 214 valence electrons. The smallest absolute Gasteiger partial charge is 0.307 e. The molecule has 0 saturated heterocycles. The summed E-state index contributed by atoms with van der Waals surface area (Å²) in [6.07, 6.45) is 13.2. The van der Waals surface area contributed by atoms with Crippen LogP contribution in [0.15, 0.2) is 30.5 Å². The minimum Gasteiger partial charge on any atom is -0.460 e. The van der Waals surface area contributed by atoms with E-state index >= 15 is 0 Å². The van der Waals surface area contributed by atoms with Crippen LogP contribution in [0.2, 0.25) is 0 Å². The molecule has 2 amide bonds. The lowest BCUT2D eigenvalue weighted by Gasteiger charge is -2.28. The summed E-state index contributed by atoms with van der Waals surface area (Å²) in [5.41, 5.74) is 1.61. The van der Waals surface area contributed by atoms with Crippen molar-refractivity contribution in [1.29, 1.82) is 0 Å². The molecule has 1 fully saturated rings. The van der Waals surface area contributed by atoms with Crippen molar-refractivity contribution >= 4 is 28.7 Å². The van der Waals surface area contributed by atoms with Gasteiger partial charge in [0.15, 0.2) is 0 Å². The maximum absolute atomic E-state index is 13.8. The van der Waals surface area contributed by atoms with Crippen molar-refractivity contribution in [2.45, 2.75) is 116 Å². The number of hydrogen-bond acceptors (Lipinski definition) is 4. The quantitative estimate of drug-likeness (QED) is 0.464. The maximum atomic E-state index is 13.8. The summed E-state index contributed by atoms with van der Waals surface area (Å²) in [5.74, 6) is -0.834. The molecule has 1 aromatic heterocycles. The van der Waals surface area contributed by atoms with Crippen LogP contribution >= 0.6 is 0 Å². The van der Waals surface area contributed by atoms with Crippen LogP contribution in [0.3, 0.4) is 0 Å². The molecule has 1 aromatic carbocycles. The van der Waals surface area contributed by atoms with Crippen LogP contribution in [0.4, 0.5) is 0 Å². The molecule has 0 unspecified atom stereocenters. The number of aryl methyl sites for hydroxylation is 1. The van der Waals surface area contributed by atoms with Gasteiger partial charge in [-0.25, -0.2) is 0 Å². The number of nitrogens with zero attached hydrogens (tertiary/aromatic N) is 1. The van der Waals surface area contributed by atoms with Gasteiger partial charge in [-0.05, 0) is 57.6 Å². The molecule has 2 aromatic rings. The van der Waals surface area contributed by atoms with E-state index < -0.39 is 17.6 Å². The van der Waals surface area contributed by atoms with Gasteiger partial charge in [-0.3, -0.25) is 14.4 Å². The molecule has 2 N–H and O–H groups in total. The average molecular weight is 538 g/mol. The summed E-state index contributed by atoms with van der Waals surface area (Å²) in [7, 11) is 0. The number of fused-ring (bicyclic) bond motifs is 5. The van der Waals surface area contributed by atoms with Gasteiger partial charge in [0.2, 0.25) is 11.8 Å². The minimum atomic E-state index is -0.704. The number of rotatable bonds is 6. The van der Waals surface area contributed by atoms with E-state index in [9.17, 15) is 14.4 Å². The first-order valence-electron chi connectivity index (χ1n) is 15.1. The van der Waals surface area contributed by atoms with Crippen molar-refractivity contribution in [1.82, 2.24) is 15.2 Å². The highest BCUT2D eigenvalue weighted by atomic mass is 16.6. The molecule has 2 heterocycles. The van der Waals surface area contributed by atoms with E-state index in [1.165, 1.54) is 19.3 Å². The first kappa shape index (κ1) is 29.2. The number of aromatic nitrogens is 1. The van der Waals surface area contributed by atoms with Gasteiger partial charge in [-0.1, -0.05) is 63.1 Å². The topological polar surface area (TPSA) is 89.4 Å². The molecule has 2 aliphatic rings. The van der Waals surface area contributed by atoms with Gasteiger partial charge in [0.25, 0.3) is 0 Å². The third-order valence-electron chi connectivity index (χ3n) is 8.10. The third kappa shape index (κ3) is 8.58. The highest BCUT2D eigenvalue weighted by Crippen LogP contribution is 2.31. The van der Waals surface area contributed by atoms with Gasteiger partial charge in [0.05, 0.1) is 6.42 Å². The van der Waals surface area contributed by atoms with Crippen LogP contribution in [-0.2, 0) is 32.1 Å². The van der Waals surface area contributed by atoms with Crippen molar-refractivity contribution in [2.75, 3.05) is 6.54 Å². The highest BCUT2D eigenvalue weighted by Gasteiger charge is 2.32. The number of ether oxygens (including phenoxy) is 1. The summed E-state index contributed by atoms with van der Waals surface area (Å²) in [5, 5.41) is 7.27. The fourth-order valence-electron chi connectivity index (χ4n) is 6.18. The van der Waals surface area contributed by atoms with E-state index in [4.69, 9.17) is 4.74 Å². The SMILES string of the molecule is CC(C)(C)OC(=O)C[C@@H](CC1CCCCC1)C(=O)N[C@H]1Cc2cn(c3ccccc23)CCCCCCNC1=O. The van der Waals surface area contributed by atoms with Gasteiger partial charge < -0.3 is 19.9 Å². The Hall–Kier alpha value is -2.83. The van der Waals surface area contributed by atoms with Crippen LogP contribution in [0, 0.1) is 11.8 Å². The first-order valence-corrected chi connectivity index (χ1v) is 15.1. The van der Waals surface area contributed by atoms with Crippen molar-refractivity contribution in [3.05, 3.63) is 36.0 Å². The van der Waals surface area contributed by atoms with Crippen molar-refractivity contribution in [2.24, 2.45) is 11.8 Å². The molecular formula is C32H47N3O4. The van der Waals surface area contributed by atoms with Gasteiger partial charge >= 0.3 is 5.97 Å². The average Bonchev–Trinajstić information content (AvgIpc) is 3.24. The number of para-hydroxylation sites is 1. The van der Waals surface area contributed by atoms with E-state index in [0.717, 1.165) is 61.5 Å². The molecule has 1 aliphatic carbocycles. The second kappa shape index (κ2) is 13.5. The zero-order valence-corrected chi connectivity index (χ0v) is 24.1. The Morgan fingerprint density at radius 1 is 1.05 bits per heavy atom. The van der Waals surface area contributed by atoms with Crippen molar-refractivity contribution in [3.8, 4) is 0 Å². The Kier molecular flexibility index (Phi) is 10.1. The molecular weight excluding hydrogens is 490 g/mol. The van der Waals surface area contributed by atoms with E-state index in [0.29, 0.717) is 25.3 Å². The van der Waals surface area contributed by atoms with Gasteiger partial charge in [-0.15, -0.1) is 0 Å².